The fraction of sp³-hybridized carbons (Fsp3) is 1.00. The van der Waals surface area contributed by atoms with Crippen LogP contribution in [0.2, 0.25) is 0 Å². The number of thioether (sulfide) groups is 1. The van der Waals surface area contributed by atoms with Gasteiger partial charge in [-0.1, -0.05) is 26.2 Å². The molecule has 0 aromatic rings. The fourth-order valence-electron chi connectivity index (χ4n) is 2.63. The first-order chi connectivity index (χ1) is 7.27. The van der Waals surface area contributed by atoms with Gasteiger partial charge in [0.15, 0.2) is 0 Å². The molecule has 1 fully saturated rings. The van der Waals surface area contributed by atoms with Crippen LogP contribution < -0.4 is 5.32 Å². The summed E-state index contributed by atoms with van der Waals surface area (Å²) in [5.74, 6) is 2.20. The van der Waals surface area contributed by atoms with Gasteiger partial charge in [0, 0.05) is 17.8 Å². The summed E-state index contributed by atoms with van der Waals surface area (Å²) in [4.78, 5) is 0. The highest BCUT2D eigenvalue weighted by atomic mass is 32.2. The summed E-state index contributed by atoms with van der Waals surface area (Å²) >= 11 is 1.96. The van der Waals surface area contributed by atoms with Crippen molar-refractivity contribution in [3.05, 3.63) is 0 Å². The van der Waals surface area contributed by atoms with Gasteiger partial charge in [0.1, 0.15) is 0 Å². The van der Waals surface area contributed by atoms with Crippen LogP contribution in [0.3, 0.4) is 0 Å². The molecule has 0 saturated heterocycles. The average Bonchev–Trinajstić information content (AvgIpc) is 2.29. The second-order valence-electron chi connectivity index (χ2n) is 4.91. The lowest BCUT2D eigenvalue weighted by atomic mass is 9.84. The molecular formula is C13H27NS. The molecule has 0 aromatic carbocycles. The van der Waals surface area contributed by atoms with Crippen molar-refractivity contribution in [3.8, 4) is 0 Å². The van der Waals surface area contributed by atoms with Gasteiger partial charge in [0.05, 0.1) is 0 Å². The molecule has 0 aromatic heterocycles. The van der Waals surface area contributed by atoms with Gasteiger partial charge in [-0.2, -0.15) is 11.8 Å². The molecule has 2 atom stereocenters. The van der Waals surface area contributed by atoms with Crippen LogP contribution in [-0.2, 0) is 0 Å². The van der Waals surface area contributed by atoms with Gasteiger partial charge in [-0.25, -0.2) is 0 Å². The molecule has 15 heavy (non-hydrogen) atoms. The molecule has 0 aliphatic heterocycles. The van der Waals surface area contributed by atoms with Crippen molar-refractivity contribution in [1.82, 2.24) is 5.32 Å². The lowest BCUT2D eigenvalue weighted by Crippen LogP contribution is -2.42. The second kappa shape index (κ2) is 7.56. The zero-order valence-corrected chi connectivity index (χ0v) is 11.4. The first kappa shape index (κ1) is 13.4. The van der Waals surface area contributed by atoms with E-state index in [1.165, 1.54) is 44.3 Å². The molecule has 1 nitrogen and oxygen atoms in total. The van der Waals surface area contributed by atoms with Gasteiger partial charge in [-0.15, -0.1) is 0 Å². The van der Waals surface area contributed by atoms with Crippen molar-refractivity contribution in [3.63, 3.8) is 0 Å². The quantitative estimate of drug-likeness (QED) is 0.745. The average molecular weight is 229 g/mol. The van der Waals surface area contributed by atoms with E-state index in [0.717, 1.165) is 18.0 Å². The van der Waals surface area contributed by atoms with Gasteiger partial charge in [0.2, 0.25) is 0 Å². The predicted octanol–water partition coefficient (Wildman–Crippen LogP) is 3.69. The van der Waals surface area contributed by atoms with Crippen LogP contribution in [0.25, 0.3) is 0 Å². The molecule has 0 bridgehead atoms. The molecule has 1 aliphatic carbocycles. The molecule has 2 unspecified atom stereocenters. The monoisotopic (exact) mass is 229 g/mol. The normalized spacial score (nSPS) is 22.6. The molecule has 0 radical (unpaired) electrons. The Morgan fingerprint density at radius 2 is 1.93 bits per heavy atom. The van der Waals surface area contributed by atoms with E-state index in [0.29, 0.717) is 0 Å². The topological polar surface area (TPSA) is 12.0 Å². The van der Waals surface area contributed by atoms with E-state index in [1.54, 1.807) is 0 Å². The van der Waals surface area contributed by atoms with Crippen LogP contribution in [0.1, 0.15) is 52.4 Å². The summed E-state index contributed by atoms with van der Waals surface area (Å²) < 4.78 is 0. The maximum absolute atomic E-state index is 3.82. The first-order valence-electron chi connectivity index (χ1n) is 6.53. The minimum atomic E-state index is 0.719. The van der Waals surface area contributed by atoms with Crippen LogP contribution in [-0.4, -0.2) is 24.1 Å². The highest BCUT2D eigenvalue weighted by molar-refractivity contribution is 7.98. The molecule has 0 amide bonds. The maximum atomic E-state index is 3.82. The molecule has 1 saturated carbocycles. The zero-order chi connectivity index (χ0) is 11.1. The SMILES string of the molecule is CCC(CSC)NC(C)C1CCCCC1. The Morgan fingerprint density at radius 1 is 1.27 bits per heavy atom. The summed E-state index contributed by atoms with van der Waals surface area (Å²) in [7, 11) is 0. The molecule has 0 spiro atoms. The third-order valence-electron chi connectivity index (χ3n) is 3.72. The maximum Gasteiger partial charge on any atom is 0.0158 e. The molecule has 2 heteroatoms. The number of hydrogen-bond acceptors (Lipinski definition) is 2. The Morgan fingerprint density at radius 3 is 2.47 bits per heavy atom. The van der Waals surface area contributed by atoms with Crippen LogP contribution >= 0.6 is 11.8 Å². The van der Waals surface area contributed by atoms with Gasteiger partial charge < -0.3 is 5.32 Å². The summed E-state index contributed by atoms with van der Waals surface area (Å²) in [5, 5.41) is 3.82. The predicted molar refractivity (Wildman–Crippen MR) is 71.6 cm³/mol. The zero-order valence-electron chi connectivity index (χ0n) is 10.6. The van der Waals surface area contributed by atoms with Crippen molar-refractivity contribution in [2.75, 3.05) is 12.0 Å². The Balaban J connectivity index is 2.28. The summed E-state index contributed by atoms with van der Waals surface area (Å²) in [5.41, 5.74) is 0. The van der Waals surface area contributed by atoms with Crippen molar-refractivity contribution < 1.29 is 0 Å². The minimum absolute atomic E-state index is 0.719. The van der Waals surface area contributed by atoms with Gasteiger partial charge in [-0.3, -0.25) is 0 Å². The highest BCUT2D eigenvalue weighted by Gasteiger charge is 2.21. The van der Waals surface area contributed by atoms with Crippen LogP contribution in [0.4, 0.5) is 0 Å². The molecule has 1 rings (SSSR count). The van der Waals surface area contributed by atoms with E-state index in [1.807, 2.05) is 11.8 Å². The third-order valence-corrected chi connectivity index (χ3v) is 4.45. The molecular weight excluding hydrogens is 202 g/mol. The lowest BCUT2D eigenvalue weighted by molar-refractivity contribution is 0.267. The number of nitrogens with one attached hydrogen (secondary N) is 1. The van der Waals surface area contributed by atoms with Gasteiger partial charge in [-0.05, 0) is 38.4 Å². The summed E-state index contributed by atoms with van der Waals surface area (Å²) in [6.07, 6.45) is 10.7. The van der Waals surface area contributed by atoms with Gasteiger partial charge >= 0.3 is 0 Å². The third kappa shape index (κ3) is 4.78. The van der Waals surface area contributed by atoms with Crippen LogP contribution in [0.15, 0.2) is 0 Å². The Kier molecular flexibility index (Phi) is 6.74. The Hall–Kier alpha value is 0.310. The molecule has 1 aliphatic rings. The Bertz CT molecular complexity index is 155. The van der Waals surface area contributed by atoms with E-state index in [9.17, 15) is 0 Å². The van der Waals surface area contributed by atoms with E-state index < -0.39 is 0 Å². The fourth-order valence-corrected chi connectivity index (χ4v) is 3.36. The highest BCUT2D eigenvalue weighted by Crippen LogP contribution is 2.26. The first-order valence-corrected chi connectivity index (χ1v) is 7.92. The van der Waals surface area contributed by atoms with Crippen molar-refractivity contribution in [1.29, 1.82) is 0 Å². The lowest BCUT2D eigenvalue weighted by Gasteiger charge is -2.31. The molecule has 1 N–H and O–H groups in total. The summed E-state index contributed by atoms with van der Waals surface area (Å²) in [6, 6.07) is 1.44. The minimum Gasteiger partial charge on any atom is -0.310 e. The smallest absolute Gasteiger partial charge is 0.0158 e. The molecule has 90 valence electrons. The van der Waals surface area contributed by atoms with Crippen molar-refractivity contribution in [2.24, 2.45) is 5.92 Å². The largest absolute Gasteiger partial charge is 0.310 e. The molecule has 0 heterocycles. The van der Waals surface area contributed by atoms with Crippen molar-refractivity contribution in [2.45, 2.75) is 64.5 Å². The summed E-state index contributed by atoms with van der Waals surface area (Å²) in [6.45, 7) is 4.68. The number of hydrogen-bond donors (Lipinski definition) is 1. The Labute approximate surface area is 99.8 Å². The van der Waals surface area contributed by atoms with E-state index in [2.05, 4.69) is 25.4 Å². The van der Waals surface area contributed by atoms with E-state index in [-0.39, 0.29) is 0 Å². The van der Waals surface area contributed by atoms with Crippen molar-refractivity contribution >= 4 is 11.8 Å². The van der Waals surface area contributed by atoms with E-state index >= 15 is 0 Å². The number of rotatable bonds is 6. The van der Waals surface area contributed by atoms with Crippen LogP contribution in [0, 0.1) is 5.92 Å². The van der Waals surface area contributed by atoms with Crippen LogP contribution in [0.5, 0.6) is 0 Å². The second-order valence-corrected chi connectivity index (χ2v) is 5.82. The van der Waals surface area contributed by atoms with E-state index in [4.69, 9.17) is 0 Å². The van der Waals surface area contributed by atoms with Gasteiger partial charge in [0.25, 0.3) is 0 Å². The standard InChI is InChI=1S/C13H27NS/c1-4-13(10-15-3)14-11(2)12-8-6-5-7-9-12/h11-14H,4-10H2,1-3H3.